The van der Waals surface area contributed by atoms with Crippen LogP contribution >= 0.6 is 0 Å². The van der Waals surface area contributed by atoms with Crippen molar-refractivity contribution in [2.24, 2.45) is 0 Å². The zero-order valence-corrected chi connectivity index (χ0v) is 19.7. The molecule has 0 saturated heterocycles. The molecular formula is C21H24N4O5S2. The van der Waals surface area contributed by atoms with Gasteiger partial charge in [-0.3, -0.25) is 9.52 Å². The number of nitrogens with zero attached hydrogens (tertiary/aromatic N) is 2. The predicted molar refractivity (Wildman–Crippen MR) is 121 cm³/mol. The van der Waals surface area contributed by atoms with E-state index in [2.05, 4.69) is 9.82 Å². The maximum Gasteiger partial charge on any atom is 0.265 e. The highest BCUT2D eigenvalue weighted by molar-refractivity contribution is 7.92. The van der Waals surface area contributed by atoms with Crippen LogP contribution in [0.2, 0.25) is 0 Å². The molecule has 2 aromatic carbocycles. The van der Waals surface area contributed by atoms with Gasteiger partial charge >= 0.3 is 0 Å². The number of sulfonamides is 2. The predicted octanol–water partition coefficient (Wildman–Crippen LogP) is 2.80. The van der Waals surface area contributed by atoms with Crippen molar-refractivity contribution in [2.75, 3.05) is 4.72 Å². The molecule has 32 heavy (non-hydrogen) atoms. The van der Waals surface area contributed by atoms with Gasteiger partial charge in [-0.15, -0.1) is 0 Å². The largest absolute Gasteiger partial charge is 0.280 e. The van der Waals surface area contributed by atoms with Crippen molar-refractivity contribution >= 4 is 31.6 Å². The van der Waals surface area contributed by atoms with Crippen molar-refractivity contribution in [3.8, 4) is 5.69 Å². The van der Waals surface area contributed by atoms with Gasteiger partial charge in [0.15, 0.2) is 0 Å². The molecule has 0 radical (unpaired) electrons. The lowest BCUT2D eigenvalue weighted by Crippen LogP contribution is -2.28. The number of amides is 1. The van der Waals surface area contributed by atoms with Gasteiger partial charge in [-0.05, 0) is 36.4 Å². The third-order valence-electron chi connectivity index (χ3n) is 4.40. The summed E-state index contributed by atoms with van der Waals surface area (Å²) in [5.74, 6) is -0.722. The molecule has 2 N–H and O–H groups in total. The van der Waals surface area contributed by atoms with Gasteiger partial charge in [0.2, 0.25) is 5.91 Å². The lowest BCUT2D eigenvalue weighted by atomic mass is 9.92. The monoisotopic (exact) mass is 476 g/mol. The average molecular weight is 477 g/mol. The van der Waals surface area contributed by atoms with Crippen molar-refractivity contribution < 1.29 is 21.6 Å². The van der Waals surface area contributed by atoms with Crippen molar-refractivity contribution in [1.29, 1.82) is 0 Å². The third-order valence-corrected chi connectivity index (χ3v) is 7.23. The summed E-state index contributed by atoms with van der Waals surface area (Å²) in [4.78, 5) is 10.9. The highest BCUT2D eigenvalue weighted by atomic mass is 32.2. The zero-order valence-electron chi connectivity index (χ0n) is 18.0. The lowest BCUT2D eigenvalue weighted by molar-refractivity contribution is -0.117. The summed E-state index contributed by atoms with van der Waals surface area (Å²) < 4.78 is 56.4. The number of anilines is 1. The van der Waals surface area contributed by atoms with E-state index in [0.717, 1.165) is 6.92 Å². The van der Waals surface area contributed by atoms with Gasteiger partial charge in [-0.2, -0.15) is 5.10 Å². The van der Waals surface area contributed by atoms with E-state index in [1.807, 2.05) is 55.8 Å². The molecule has 0 bridgehead atoms. The third kappa shape index (κ3) is 5.17. The fraction of sp³-hybridized carbons (Fsp3) is 0.238. The average Bonchev–Trinajstić information content (AvgIpc) is 3.15. The molecule has 3 aromatic rings. The standard InChI is InChI=1S/C21H24N4O5S2/c1-15(26)23-31(27,28)18-12-10-16(11-13-18)24-32(29,30)19-14-25(17-8-6-5-7-9-17)22-20(19)21(2,3)4/h5-14,24H,1-4H3,(H,23,26). The minimum Gasteiger partial charge on any atom is -0.280 e. The Hall–Kier alpha value is -3.18. The van der Waals surface area contributed by atoms with E-state index in [0.29, 0.717) is 11.4 Å². The van der Waals surface area contributed by atoms with Crippen molar-refractivity contribution in [2.45, 2.75) is 42.9 Å². The molecular weight excluding hydrogens is 452 g/mol. The summed E-state index contributed by atoms with van der Waals surface area (Å²) in [6.45, 7) is 6.69. The number of carbonyl (C=O) groups excluding carboxylic acids is 1. The maximum atomic E-state index is 13.2. The van der Waals surface area contributed by atoms with Crippen LogP contribution in [0.25, 0.3) is 5.69 Å². The number of hydrogen-bond acceptors (Lipinski definition) is 6. The molecule has 170 valence electrons. The fourth-order valence-electron chi connectivity index (χ4n) is 2.95. The topological polar surface area (TPSA) is 127 Å². The van der Waals surface area contributed by atoms with Crippen LogP contribution in [0.4, 0.5) is 5.69 Å². The quantitative estimate of drug-likeness (QED) is 0.563. The van der Waals surface area contributed by atoms with Gasteiger partial charge in [-0.1, -0.05) is 39.0 Å². The van der Waals surface area contributed by atoms with Crippen molar-refractivity contribution in [3.63, 3.8) is 0 Å². The number of carbonyl (C=O) groups is 1. The number of benzene rings is 2. The summed E-state index contributed by atoms with van der Waals surface area (Å²) in [6, 6.07) is 14.2. The molecule has 3 rings (SSSR count). The molecule has 1 amide bonds. The first-order chi connectivity index (χ1) is 14.8. The number of para-hydroxylation sites is 1. The van der Waals surface area contributed by atoms with E-state index in [-0.39, 0.29) is 15.5 Å². The summed E-state index contributed by atoms with van der Waals surface area (Å²) in [6.07, 6.45) is 1.45. The molecule has 0 atom stereocenters. The van der Waals surface area contributed by atoms with Crippen LogP contribution in [0.3, 0.4) is 0 Å². The van der Waals surface area contributed by atoms with E-state index in [1.54, 1.807) is 0 Å². The number of rotatable bonds is 6. The van der Waals surface area contributed by atoms with Crippen LogP contribution in [0.15, 0.2) is 70.6 Å². The number of nitrogens with one attached hydrogen (secondary N) is 2. The first kappa shape index (κ1) is 23.5. The first-order valence-electron chi connectivity index (χ1n) is 9.61. The first-order valence-corrected chi connectivity index (χ1v) is 12.6. The highest BCUT2D eigenvalue weighted by Crippen LogP contribution is 2.30. The van der Waals surface area contributed by atoms with Crippen molar-refractivity contribution in [1.82, 2.24) is 14.5 Å². The summed E-state index contributed by atoms with van der Waals surface area (Å²) in [5, 5.41) is 4.51. The highest BCUT2D eigenvalue weighted by Gasteiger charge is 2.30. The van der Waals surface area contributed by atoms with Crippen LogP contribution in [-0.2, 0) is 30.3 Å². The Bertz CT molecular complexity index is 1340. The van der Waals surface area contributed by atoms with E-state index in [9.17, 15) is 21.6 Å². The second kappa shape index (κ2) is 8.40. The molecule has 9 nitrogen and oxygen atoms in total. The number of aromatic nitrogens is 2. The molecule has 0 aliphatic heterocycles. The smallest absolute Gasteiger partial charge is 0.265 e. The SMILES string of the molecule is CC(=O)NS(=O)(=O)c1ccc(NS(=O)(=O)c2cn(-c3ccccc3)nc2C(C)(C)C)cc1. The second-order valence-electron chi connectivity index (χ2n) is 8.16. The molecule has 0 saturated carbocycles. The Kier molecular flexibility index (Phi) is 6.16. The summed E-state index contributed by atoms with van der Waals surface area (Å²) in [5.41, 5.74) is 0.713. The molecule has 1 aromatic heterocycles. The minimum atomic E-state index is -4.03. The van der Waals surface area contributed by atoms with Gasteiger partial charge in [0, 0.05) is 18.0 Å². The summed E-state index contributed by atoms with van der Waals surface area (Å²) >= 11 is 0. The Morgan fingerprint density at radius 2 is 1.50 bits per heavy atom. The van der Waals surface area contributed by atoms with E-state index < -0.39 is 31.4 Å². The fourth-order valence-corrected chi connectivity index (χ4v) is 5.33. The second-order valence-corrected chi connectivity index (χ2v) is 11.5. The minimum absolute atomic E-state index is 0.0174. The molecule has 11 heteroatoms. The zero-order chi connectivity index (χ0) is 23.7. The van der Waals surface area contributed by atoms with Crippen molar-refractivity contribution in [3.05, 3.63) is 66.5 Å². The van der Waals surface area contributed by atoms with Crippen LogP contribution in [0, 0.1) is 0 Å². The Balaban J connectivity index is 1.96. The molecule has 1 heterocycles. The van der Waals surface area contributed by atoms with Gasteiger partial charge in [0.05, 0.1) is 22.5 Å². The Morgan fingerprint density at radius 3 is 2.03 bits per heavy atom. The molecule has 0 spiro atoms. The Morgan fingerprint density at radius 1 is 0.906 bits per heavy atom. The van der Waals surface area contributed by atoms with Crippen LogP contribution < -0.4 is 9.44 Å². The number of hydrogen-bond donors (Lipinski definition) is 2. The van der Waals surface area contributed by atoms with E-state index >= 15 is 0 Å². The lowest BCUT2D eigenvalue weighted by Gasteiger charge is -2.18. The van der Waals surface area contributed by atoms with Crippen LogP contribution in [0.5, 0.6) is 0 Å². The van der Waals surface area contributed by atoms with Gasteiger partial charge < -0.3 is 0 Å². The maximum absolute atomic E-state index is 13.2. The van der Waals surface area contributed by atoms with Gasteiger partial charge in [0.1, 0.15) is 4.90 Å². The van der Waals surface area contributed by atoms with E-state index in [4.69, 9.17) is 0 Å². The summed E-state index contributed by atoms with van der Waals surface area (Å²) in [7, 11) is -8.05. The van der Waals surface area contributed by atoms with E-state index in [1.165, 1.54) is 35.1 Å². The molecule has 0 aliphatic rings. The Labute approximate surface area is 187 Å². The molecule has 0 aliphatic carbocycles. The van der Waals surface area contributed by atoms with Crippen LogP contribution in [0.1, 0.15) is 33.4 Å². The van der Waals surface area contributed by atoms with Crippen LogP contribution in [-0.4, -0.2) is 32.5 Å². The van der Waals surface area contributed by atoms with Gasteiger partial charge in [-0.25, -0.2) is 26.2 Å². The molecule has 0 unspecified atom stereocenters. The van der Waals surface area contributed by atoms with Gasteiger partial charge in [0.25, 0.3) is 20.0 Å². The normalized spacial score (nSPS) is 12.4. The molecule has 0 fully saturated rings.